The number of hydrazine groups is 1. The Morgan fingerprint density at radius 1 is 1.04 bits per heavy atom. The van der Waals surface area contributed by atoms with E-state index in [0.29, 0.717) is 5.75 Å². The van der Waals surface area contributed by atoms with Crippen LogP contribution in [-0.4, -0.2) is 30.7 Å². The van der Waals surface area contributed by atoms with Crippen molar-refractivity contribution in [2.45, 2.75) is 18.2 Å². The lowest BCUT2D eigenvalue weighted by Crippen LogP contribution is -2.32. The van der Waals surface area contributed by atoms with Gasteiger partial charge in [-0.1, -0.05) is 29.8 Å². The SMILES string of the molecule is COc1ccc(Cc2nnc(NNS(=O)(=O)c3ccc(C)cc3)[nH]c2=O)cc1. The van der Waals surface area contributed by atoms with E-state index in [0.717, 1.165) is 11.1 Å². The number of rotatable bonds is 7. The van der Waals surface area contributed by atoms with E-state index in [1.807, 2.05) is 19.1 Å². The van der Waals surface area contributed by atoms with Crippen LogP contribution in [0.2, 0.25) is 0 Å². The van der Waals surface area contributed by atoms with Gasteiger partial charge in [-0.3, -0.25) is 15.2 Å². The minimum absolute atomic E-state index is 0.0806. The van der Waals surface area contributed by atoms with Crippen LogP contribution in [0.1, 0.15) is 16.8 Å². The Morgan fingerprint density at radius 3 is 2.32 bits per heavy atom. The summed E-state index contributed by atoms with van der Waals surface area (Å²) in [6, 6.07) is 13.5. The van der Waals surface area contributed by atoms with Crippen LogP contribution in [0.3, 0.4) is 0 Å². The number of nitrogens with one attached hydrogen (secondary N) is 3. The van der Waals surface area contributed by atoms with Gasteiger partial charge < -0.3 is 4.74 Å². The van der Waals surface area contributed by atoms with Gasteiger partial charge in [-0.2, -0.15) is 0 Å². The quantitative estimate of drug-likeness (QED) is 0.511. The molecule has 2 aromatic carbocycles. The van der Waals surface area contributed by atoms with Gasteiger partial charge in [0.25, 0.3) is 15.6 Å². The third-order valence-electron chi connectivity index (χ3n) is 3.93. The molecule has 0 aliphatic rings. The second-order valence-electron chi connectivity index (χ2n) is 6.02. The van der Waals surface area contributed by atoms with E-state index in [9.17, 15) is 13.2 Å². The van der Waals surface area contributed by atoms with Crippen LogP contribution in [0.4, 0.5) is 5.95 Å². The molecule has 28 heavy (non-hydrogen) atoms. The van der Waals surface area contributed by atoms with Crippen LogP contribution in [0, 0.1) is 6.92 Å². The predicted molar refractivity (Wildman–Crippen MR) is 104 cm³/mol. The van der Waals surface area contributed by atoms with Crippen LogP contribution in [0.15, 0.2) is 58.2 Å². The van der Waals surface area contributed by atoms with Gasteiger partial charge in [0.1, 0.15) is 11.4 Å². The van der Waals surface area contributed by atoms with Crippen molar-refractivity contribution in [3.05, 3.63) is 75.7 Å². The van der Waals surface area contributed by atoms with Gasteiger partial charge in [-0.15, -0.1) is 15.0 Å². The number of anilines is 1. The summed E-state index contributed by atoms with van der Waals surface area (Å²) in [6.45, 7) is 1.86. The average Bonchev–Trinajstić information content (AvgIpc) is 2.69. The maximum atomic E-state index is 12.2. The molecule has 0 aliphatic carbocycles. The summed E-state index contributed by atoms with van der Waals surface area (Å²) >= 11 is 0. The molecular weight excluding hydrogens is 382 g/mol. The Bertz CT molecular complexity index is 1110. The number of benzene rings is 2. The topological polar surface area (TPSA) is 126 Å². The fraction of sp³-hybridized carbons (Fsp3) is 0.167. The third-order valence-corrected chi connectivity index (χ3v) is 5.19. The van der Waals surface area contributed by atoms with Crippen LogP contribution in [-0.2, 0) is 16.4 Å². The van der Waals surface area contributed by atoms with Gasteiger partial charge in [0.2, 0.25) is 5.95 Å². The summed E-state index contributed by atoms with van der Waals surface area (Å²) in [7, 11) is -2.24. The second-order valence-corrected chi connectivity index (χ2v) is 7.70. The Hall–Kier alpha value is -3.24. The number of aryl methyl sites for hydroxylation is 1. The monoisotopic (exact) mass is 401 g/mol. The van der Waals surface area contributed by atoms with Crippen molar-refractivity contribution >= 4 is 16.0 Å². The normalized spacial score (nSPS) is 11.2. The minimum Gasteiger partial charge on any atom is -0.497 e. The largest absolute Gasteiger partial charge is 0.497 e. The summed E-state index contributed by atoms with van der Waals surface area (Å²) < 4.78 is 29.6. The first-order valence-electron chi connectivity index (χ1n) is 8.31. The van der Waals surface area contributed by atoms with E-state index in [-0.39, 0.29) is 23.0 Å². The lowest BCUT2D eigenvalue weighted by atomic mass is 10.1. The highest BCUT2D eigenvalue weighted by Gasteiger charge is 2.14. The van der Waals surface area contributed by atoms with Crippen molar-refractivity contribution < 1.29 is 13.2 Å². The van der Waals surface area contributed by atoms with Crippen molar-refractivity contribution in [1.82, 2.24) is 20.0 Å². The molecule has 3 aromatic rings. The number of methoxy groups -OCH3 is 1. The van der Waals surface area contributed by atoms with Crippen LogP contribution in [0.5, 0.6) is 5.75 Å². The number of aromatic nitrogens is 3. The molecule has 1 heterocycles. The van der Waals surface area contributed by atoms with Crippen LogP contribution < -0.4 is 20.6 Å². The van der Waals surface area contributed by atoms with Gasteiger partial charge in [0, 0.05) is 6.42 Å². The molecule has 1 aromatic heterocycles. The highest BCUT2D eigenvalue weighted by Crippen LogP contribution is 2.13. The number of hydrogen-bond donors (Lipinski definition) is 3. The first-order chi connectivity index (χ1) is 13.4. The number of sulfonamides is 1. The fourth-order valence-electron chi connectivity index (χ4n) is 2.36. The molecule has 3 rings (SSSR count). The molecule has 0 amide bonds. The Balaban J connectivity index is 1.68. The molecule has 146 valence electrons. The summed E-state index contributed by atoms with van der Waals surface area (Å²) in [5.41, 5.74) is 3.90. The molecule has 0 aliphatic heterocycles. The van der Waals surface area contributed by atoms with E-state index >= 15 is 0 Å². The van der Waals surface area contributed by atoms with E-state index in [4.69, 9.17) is 4.74 Å². The number of nitrogens with zero attached hydrogens (tertiary/aromatic N) is 2. The molecule has 0 spiro atoms. The highest BCUT2D eigenvalue weighted by molar-refractivity contribution is 7.89. The van der Waals surface area contributed by atoms with Gasteiger partial charge in [-0.05, 0) is 36.8 Å². The molecule has 0 fully saturated rings. The predicted octanol–water partition coefficient (Wildman–Crippen LogP) is 1.38. The highest BCUT2D eigenvalue weighted by atomic mass is 32.2. The van der Waals surface area contributed by atoms with Gasteiger partial charge in [0.15, 0.2) is 0 Å². The molecule has 0 saturated carbocycles. The number of hydrogen-bond acceptors (Lipinski definition) is 7. The first kappa shape index (κ1) is 19.5. The van der Waals surface area contributed by atoms with E-state index in [1.54, 1.807) is 31.4 Å². The lowest BCUT2D eigenvalue weighted by molar-refractivity contribution is 0.414. The number of ether oxygens (including phenoxy) is 1. The number of aromatic amines is 1. The summed E-state index contributed by atoms with van der Waals surface area (Å²) in [4.78, 5) is 16.9. The number of H-pyrrole nitrogens is 1. The molecule has 9 nitrogen and oxygen atoms in total. The standard InChI is InChI=1S/C18H19N5O4S/c1-12-3-9-15(10-4-12)28(25,26)23-22-18-19-17(24)16(20-21-18)11-13-5-7-14(27-2)8-6-13/h3-10,23H,11H2,1-2H3,(H2,19,21,22,24). The molecule has 3 N–H and O–H groups in total. The van der Waals surface area contributed by atoms with Gasteiger partial charge >= 0.3 is 0 Å². The van der Waals surface area contributed by atoms with E-state index < -0.39 is 15.6 Å². The van der Waals surface area contributed by atoms with E-state index in [2.05, 4.69) is 25.4 Å². The fourth-order valence-corrected chi connectivity index (χ4v) is 3.20. The molecule has 10 heteroatoms. The smallest absolute Gasteiger partial charge is 0.274 e. The Labute approximate surface area is 161 Å². The molecule has 0 saturated heterocycles. The van der Waals surface area contributed by atoms with Crippen molar-refractivity contribution in [1.29, 1.82) is 0 Å². The average molecular weight is 401 g/mol. The Morgan fingerprint density at radius 2 is 1.71 bits per heavy atom. The maximum Gasteiger partial charge on any atom is 0.274 e. The molecule has 0 bridgehead atoms. The minimum atomic E-state index is -3.82. The van der Waals surface area contributed by atoms with E-state index in [1.165, 1.54) is 12.1 Å². The van der Waals surface area contributed by atoms with Crippen molar-refractivity contribution in [2.75, 3.05) is 12.5 Å². The van der Waals surface area contributed by atoms with Crippen LogP contribution >= 0.6 is 0 Å². The second kappa shape index (κ2) is 8.19. The first-order valence-corrected chi connectivity index (χ1v) is 9.79. The summed E-state index contributed by atoms with van der Waals surface area (Å²) in [5, 5.41) is 7.69. The molecular formula is C18H19N5O4S. The molecule has 0 atom stereocenters. The molecule has 0 radical (unpaired) electrons. The third kappa shape index (κ3) is 4.72. The summed E-state index contributed by atoms with van der Waals surface area (Å²) in [6.07, 6.45) is 0.279. The van der Waals surface area contributed by atoms with Crippen molar-refractivity contribution in [2.24, 2.45) is 0 Å². The van der Waals surface area contributed by atoms with Crippen molar-refractivity contribution in [3.8, 4) is 5.75 Å². The maximum absolute atomic E-state index is 12.2. The Kier molecular flexibility index (Phi) is 5.71. The van der Waals surface area contributed by atoms with Gasteiger partial charge in [0.05, 0.1) is 12.0 Å². The van der Waals surface area contributed by atoms with Crippen LogP contribution in [0.25, 0.3) is 0 Å². The zero-order valence-corrected chi connectivity index (χ0v) is 16.1. The van der Waals surface area contributed by atoms with Gasteiger partial charge in [-0.25, -0.2) is 8.42 Å². The zero-order valence-electron chi connectivity index (χ0n) is 15.3. The zero-order chi connectivity index (χ0) is 20.1. The van der Waals surface area contributed by atoms with Crippen molar-refractivity contribution in [3.63, 3.8) is 0 Å². The summed E-state index contributed by atoms with van der Waals surface area (Å²) in [5.74, 6) is 0.600. The molecule has 0 unspecified atom stereocenters. The lowest BCUT2D eigenvalue weighted by Gasteiger charge is -2.09.